The van der Waals surface area contributed by atoms with Crippen LogP contribution in [0.4, 0.5) is 0 Å². The van der Waals surface area contributed by atoms with E-state index in [1.807, 2.05) is 0 Å². The van der Waals surface area contributed by atoms with Crippen LogP contribution in [0.2, 0.25) is 0 Å². The molecular weight excluding hydrogens is 318 g/mol. The van der Waals surface area contributed by atoms with Crippen LogP contribution in [0.1, 0.15) is 30.4 Å². The van der Waals surface area contributed by atoms with Crippen molar-refractivity contribution in [3.8, 4) is 0 Å². The van der Waals surface area contributed by atoms with Gasteiger partial charge in [0.2, 0.25) is 0 Å². The molecule has 3 heteroatoms. The van der Waals surface area contributed by atoms with E-state index in [-0.39, 0.29) is 0 Å². The second-order valence-corrected chi connectivity index (χ2v) is 5.50. The molecule has 0 unspecified atom stereocenters. The van der Waals surface area contributed by atoms with Crippen LogP contribution in [0.25, 0.3) is 0 Å². The number of hydrogen-bond donors (Lipinski definition) is 1. The van der Waals surface area contributed by atoms with E-state index in [0.717, 1.165) is 19.4 Å². The SMILES string of the molecule is Cc1cc(Br)c(CCCCCN)cc1Br. The van der Waals surface area contributed by atoms with E-state index in [0.29, 0.717) is 0 Å². The molecule has 0 saturated carbocycles. The molecule has 0 atom stereocenters. The molecule has 0 heterocycles. The summed E-state index contributed by atoms with van der Waals surface area (Å²) in [7, 11) is 0. The Balaban J connectivity index is 2.57. The molecular formula is C12H17Br2N. The topological polar surface area (TPSA) is 26.0 Å². The van der Waals surface area contributed by atoms with E-state index < -0.39 is 0 Å². The highest BCUT2D eigenvalue weighted by Crippen LogP contribution is 2.26. The summed E-state index contributed by atoms with van der Waals surface area (Å²) >= 11 is 7.17. The molecule has 0 aliphatic carbocycles. The largest absolute Gasteiger partial charge is 0.330 e. The van der Waals surface area contributed by atoms with Crippen molar-refractivity contribution >= 4 is 31.9 Å². The molecule has 0 saturated heterocycles. The summed E-state index contributed by atoms with van der Waals surface area (Å²) in [5.74, 6) is 0. The van der Waals surface area contributed by atoms with Crippen LogP contribution < -0.4 is 5.73 Å². The van der Waals surface area contributed by atoms with E-state index in [2.05, 4.69) is 50.9 Å². The lowest BCUT2D eigenvalue weighted by Gasteiger charge is -2.07. The van der Waals surface area contributed by atoms with Crippen molar-refractivity contribution in [3.63, 3.8) is 0 Å². The van der Waals surface area contributed by atoms with Crippen molar-refractivity contribution in [3.05, 3.63) is 32.2 Å². The van der Waals surface area contributed by atoms with Gasteiger partial charge in [0.15, 0.2) is 0 Å². The zero-order valence-corrected chi connectivity index (χ0v) is 12.2. The average molecular weight is 335 g/mol. The van der Waals surface area contributed by atoms with E-state index in [1.54, 1.807) is 0 Å². The maximum Gasteiger partial charge on any atom is 0.0210 e. The van der Waals surface area contributed by atoms with E-state index in [4.69, 9.17) is 5.73 Å². The number of halogens is 2. The predicted octanol–water partition coefficient (Wildman–Crippen LogP) is 4.19. The van der Waals surface area contributed by atoms with Gasteiger partial charge >= 0.3 is 0 Å². The van der Waals surface area contributed by atoms with E-state index in [9.17, 15) is 0 Å². The first-order chi connectivity index (χ1) is 7.15. The maximum absolute atomic E-state index is 5.47. The highest BCUT2D eigenvalue weighted by Gasteiger charge is 2.03. The van der Waals surface area contributed by atoms with Crippen molar-refractivity contribution in [2.45, 2.75) is 32.6 Å². The zero-order chi connectivity index (χ0) is 11.3. The summed E-state index contributed by atoms with van der Waals surface area (Å²) in [5, 5.41) is 0. The van der Waals surface area contributed by atoms with Gasteiger partial charge in [0.25, 0.3) is 0 Å². The third-order valence-corrected chi connectivity index (χ3v) is 4.07. The van der Waals surface area contributed by atoms with Gasteiger partial charge < -0.3 is 5.73 Å². The van der Waals surface area contributed by atoms with Crippen molar-refractivity contribution in [2.75, 3.05) is 6.54 Å². The number of benzene rings is 1. The first-order valence-electron chi connectivity index (χ1n) is 5.29. The molecule has 0 spiro atoms. The molecule has 1 rings (SSSR count). The molecule has 2 N–H and O–H groups in total. The van der Waals surface area contributed by atoms with Crippen molar-refractivity contribution in [1.29, 1.82) is 0 Å². The standard InChI is InChI=1S/C12H17Br2N/c1-9-7-12(14)10(8-11(9)13)5-3-2-4-6-15/h7-8H,2-6,15H2,1H3. The highest BCUT2D eigenvalue weighted by molar-refractivity contribution is 9.11. The molecule has 15 heavy (non-hydrogen) atoms. The summed E-state index contributed by atoms with van der Waals surface area (Å²) in [5.41, 5.74) is 8.12. The number of rotatable bonds is 5. The minimum atomic E-state index is 0.804. The van der Waals surface area contributed by atoms with Gasteiger partial charge in [-0.05, 0) is 56.0 Å². The molecule has 84 valence electrons. The molecule has 0 aromatic heterocycles. The van der Waals surface area contributed by atoms with E-state index in [1.165, 1.54) is 32.9 Å². The Morgan fingerprint density at radius 1 is 1.07 bits per heavy atom. The van der Waals surface area contributed by atoms with Crippen LogP contribution in [-0.4, -0.2) is 6.54 Å². The first-order valence-corrected chi connectivity index (χ1v) is 6.88. The zero-order valence-electron chi connectivity index (χ0n) is 9.02. The predicted molar refractivity (Wildman–Crippen MR) is 73.2 cm³/mol. The molecule has 0 radical (unpaired) electrons. The number of aryl methyl sites for hydroxylation is 2. The Hall–Kier alpha value is 0.140. The van der Waals surface area contributed by atoms with Gasteiger partial charge in [-0.25, -0.2) is 0 Å². The Bertz CT molecular complexity index is 324. The maximum atomic E-state index is 5.47. The molecule has 0 bridgehead atoms. The smallest absolute Gasteiger partial charge is 0.0210 e. The Morgan fingerprint density at radius 3 is 2.47 bits per heavy atom. The van der Waals surface area contributed by atoms with Crippen molar-refractivity contribution in [1.82, 2.24) is 0 Å². The van der Waals surface area contributed by atoms with E-state index >= 15 is 0 Å². The van der Waals surface area contributed by atoms with Gasteiger partial charge in [-0.15, -0.1) is 0 Å². The number of unbranched alkanes of at least 4 members (excludes halogenated alkanes) is 2. The van der Waals surface area contributed by atoms with Crippen LogP contribution in [0.15, 0.2) is 21.1 Å². The molecule has 0 fully saturated rings. The van der Waals surface area contributed by atoms with Gasteiger partial charge in [0, 0.05) is 8.95 Å². The minimum Gasteiger partial charge on any atom is -0.330 e. The normalized spacial score (nSPS) is 10.7. The summed E-state index contributed by atoms with van der Waals surface area (Å²) in [4.78, 5) is 0. The van der Waals surface area contributed by atoms with Gasteiger partial charge in [-0.2, -0.15) is 0 Å². The summed E-state index contributed by atoms with van der Waals surface area (Å²) in [6.45, 7) is 2.91. The molecule has 1 aromatic rings. The monoisotopic (exact) mass is 333 g/mol. The van der Waals surface area contributed by atoms with Gasteiger partial charge in [0.1, 0.15) is 0 Å². The van der Waals surface area contributed by atoms with Crippen LogP contribution in [0, 0.1) is 6.92 Å². The Morgan fingerprint density at radius 2 is 1.80 bits per heavy atom. The summed E-state index contributed by atoms with van der Waals surface area (Å²) < 4.78 is 2.41. The Kier molecular flexibility index (Phi) is 5.87. The first kappa shape index (κ1) is 13.2. The fourth-order valence-corrected chi connectivity index (χ4v) is 2.56. The molecule has 0 aliphatic heterocycles. The van der Waals surface area contributed by atoms with Crippen molar-refractivity contribution < 1.29 is 0 Å². The lowest BCUT2D eigenvalue weighted by Crippen LogP contribution is -1.98. The third kappa shape index (κ3) is 4.25. The molecule has 0 aliphatic rings. The lowest BCUT2D eigenvalue weighted by molar-refractivity contribution is 0.685. The second-order valence-electron chi connectivity index (χ2n) is 3.79. The van der Waals surface area contributed by atoms with Gasteiger partial charge in [0.05, 0.1) is 0 Å². The highest BCUT2D eigenvalue weighted by atomic mass is 79.9. The summed E-state index contributed by atoms with van der Waals surface area (Å²) in [6.07, 6.45) is 4.68. The molecule has 0 amide bonds. The van der Waals surface area contributed by atoms with Gasteiger partial charge in [-0.1, -0.05) is 38.3 Å². The molecule has 1 aromatic carbocycles. The quantitative estimate of drug-likeness (QED) is 0.803. The third-order valence-electron chi connectivity index (χ3n) is 2.48. The fraction of sp³-hybridized carbons (Fsp3) is 0.500. The average Bonchev–Trinajstić information content (AvgIpc) is 2.20. The lowest BCUT2D eigenvalue weighted by atomic mass is 10.1. The number of nitrogens with two attached hydrogens (primary N) is 1. The van der Waals surface area contributed by atoms with Crippen LogP contribution in [0.3, 0.4) is 0 Å². The van der Waals surface area contributed by atoms with Crippen LogP contribution >= 0.6 is 31.9 Å². The van der Waals surface area contributed by atoms with Crippen LogP contribution in [-0.2, 0) is 6.42 Å². The Labute approximate surface area is 109 Å². The van der Waals surface area contributed by atoms with Crippen molar-refractivity contribution in [2.24, 2.45) is 5.73 Å². The molecule has 1 nitrogen and oxygen atoms in total. The van der Waals surface area contributed by atoms with Crippen LogP contribution in [0.5, 0.6) is 0 Å². The second kappa shape index (κ2) is 6.66. The number of hydrogen-bond acceptors (Lipinski definition) is 1. The minimum absolute atomic E-state index is 0.804. The van der Waals surface area contributed by atoms with Gasteiger partial charge in [-0.3, -0.25) is 0 Å². The fourth-order valence-electron chi connectivity index (χ4n) is 1.52. The summed E-state index contributed by atoms with van der Waals surface area (Å²) in [6, 6.07) is 4.38.